The van der Waals surface area contributed by atoms with Crippen molar-refractivity contribution >= 4 is 0 Å². The molecule has 1 unspecified atom stereocenters. The Morgan fingerprint density at radius 1 is 1.00 bits per heavy atom. The average molecular weight is 287 g/mol. The van der Waals surface area contributed by atoms with E-state index in [0.29, 0.717) is 13.1 Å². The lowest BCUT2D eigenvalue weighted by Gasteiger charge is -2.13. The number of hydrogen-bond donors (Lipinski definition) is 3. The second-order valence-corrected chi connectivity index (χ2v) is 4.89. The number of rotatable bonds is 8. The molecule has 2 aromatic rings. The van der Waals surface area contributed by atoms with Gasteiger partial charge in [0.2, 0.25) is 0 Å². The maximum atomic E-state index is 9.86. The SMILES string of the molecule is OCc1cccc(CNCC(O)COc2ccccc2)c1. The third-order valence-electron chi connectivity index (χ3n) is 3.07. The first-order valence-corrected chi connectivity index (χ1v) is 7.03. The summed E-state index contributed by atoms with van der Waals surface area (Å²) in [7, 11) is 0. The molecule has 0 spiro atoms. The van der Waals surface area contributed by atoms with Crippen LogP contribution < -0.4 is 10.1 Å². The third kappa shape index (κ3) is 5.55. The van der Waals surface area contributed by atoms with E-state index in [-0.39, 0.29) is 13.2 Å². The van der Waals surface area contributed by atoms with E-state index < -0.39 is 6.10 Å². The summed E-state index contributed by atoms with van der Waals surface area (Å²) >= 11 is 0. The fourth-order valence-corrected chi connectivity index (χ4v) is 1.99. The molecule has 0 fully saturated rings. The molecule has 112 valence electrons. The summed E-state index contributed by atoms with van der Waals surface area (Å²) in [4.78, 5) is 0. The molecule has 21 heavy (non-hydrogen) atoms. The zero-order valence-corrected chi connectivity index (χ0v) is 11.9. The zero-order chi connectivity index (χ0) is 14.9. The molecule has 1 atom stereocenters. The minimum Gasteiger partial charge on any atom is -0.491 e. The summed E-state index contributed by atoms with van der Waals surface area (Å²) in [6, 6.07) is 17.2. The highest BCUT2D eigenvalue weighted by atomic mass is 16.5. The maximum absolute atomic E-state index is 9.86. The van der Waals surface area contributed by atoms with E-state index in [1.807, 2.05) is 54.6 Å². The van der Waals surface area contributed by atoms with E-state index in [9.17, 15) is 5.11 Å². The number of ether oxygens (including phenoxy) is 1. The fourth-order valence-electron chi connectivity index (χ4n) is 1.99. The van der Waals surface area contributed by atoms with Crippen molar-refractivity contribution < 1.29 is 14.9 Å². The van der Waals surface area contributed by atoms with E-state index in [2.05, 4.69) is 5.32 Å². The van der Waals surface area contributed by atoms with Crippen molar-refractivity contribution in [3.8, 4) is 5.75 Å². The van der Waals surface area contributed by atoms with Crippen LogP contribution in [-0.2, 0) is 13.2 Å². The summed E-state index contributed by atoms with van der Waals surface area (Å²) in [5.74, 6) is 0.757. The highest BCUT2D eigenvalue weighted by Gasteiger charge is 2.05. The van der Waals surface area contributed by atoms with Crippen molar-refractivity contribution in [3.05, 3.63) is 65.7 Å². The second-order valence-electron chi connectivity index (χ2n) is 4.89. The highest BCUT2D eigenvalue weighted by Crippen LogP contribution is 2.08. The van der Waals surface area contributed by atoms with Gasteiger partial charge in [0, 0.05) is 13.1 Å². The molecule has 0 bridgehead atoms. The number of aliphatic hydroxyl groups is 2. The van der Waals surface area contributed by atoms with Crippen LogP contribution in [-0.4, -0.2) is 29.5 Å². The van der Waals surface area contributed by atoms with Gasteiger partial charge in [0.25, 0.3) is 0 Å². The lowest BCUT2D eigenvalue weighted by molar-refractivity contribution is 0.106. The van der Waals surface area contributed by atoms with Crippen molar-refractivity contribution in [3.63, 3.8) is 0 Å². The Morgan fingerprint density at radius 2 is 1.76 bits per heavy atom. The zero-order valence-electron chi connectivity index (χ0n) is 11.9. The fraction of sp³-hybridized carbons (Fsp3) is 0.294. The molecular weight excluding hydrogens is 266 g/mol. The van der Waals surface area contributed by atoms with Gasteiger partial charge >= 0.3 is 0 Å². The van der Waals surface area contributed by atoms with Crippen LogP contribution in [0.5, 0.6) is 5.75 Å². The number of hydrogen-bond acceptors (Lipinski definition) is 4. The lowest BCUT2D eigenvalue weighted by Crippen LogP contribution is -2.31. The van der Waals surface area contributed by atoms with Gasteiger partial charge in [0.05, 0.1) is 6.61 Å². The van der Waals surface area contributed by atoms with Crippen molar-refractivity contribution in [1.29, 1.82) is 0 Å². The highest BCUT2D eigenvalue weighted by molar-refractivity contribution is 5.23. The van der Waals surface area contributed by atoms with E-state index in [4.69, 9.17) is 9.84 Å². The number of aliphatic hydroxyl groups excluding tert-OH is 2. The molecule has 0 aliphatic rings. The Hall–Kier alpha value is -1.88. The minimum absolute atomic E-state index is 0.0430. The molecule has 0 radical (unpaired) electrons. The smallest absolute Gasteiger partial charge is 0.119 e. The largest absolute Gasteiger partial charge is 0.491 e. The molecule has 0 aromatic heterocycles. The number of nitrogens with one attached hydrogen (secondary N) is 1. The van der Waals surface area contributed by atoms with Gasteiger partial charge in [-0.3, -0.25) is 0 Å². The van der Waals surface area contributed by atoms with Crippen LogP contribution in [0.2, 0.25) is 0 Å². The molecule has 0 aliphatic carbocycles. The first-order valence-electron chi connectivity index (χ1n) is 7.03. The molecule has 2 rings (SSSR count). The molecule has 0 saturated heterocycles. The topological polar surface area (TPSA) is 61.7 Å². The van der Waals surface area contributed by atoms with Crippen LogP contribution in [0.15, 0.2) is 54.6 Å². The van der Waals surface area contributed by atoms with Crippen LogP contribution in [0, 0.1) is 0 Å². The summed E-state index contributed by atoms with van der Waals surface area (Å²) in [6.07, 6.45) is -0.564. The Kier molecular flexibility index (Phi) is 6.22. The molecule has 0 saturated carbocycles. The van der Waals surface area contributed by atoms with E-state index >= 15 is 0 Å². The van der Waals surface area contributed by atoms with Crippen molar-refractivity contribution in [2.45, 2.75) is 19.3 Å². The lowest BCUT2D eigenvalue weighted by atomic mass is 10.1. The maximum Gasteiger partial charge on any atom is 0.119 e. The van der Waals surface area contributed by atoms with Gasteiger partial charge in [0.15, 0.2) is 0 Å². The van der Waals surface area contributed by atoms with Gasteiger partial charge in [0.1, 0.15) is 18.5 Å². The standard InChI is InChI=1S/C17H21NO3/c19-12-15-6-4-5-14(9-15)10-18-11-16(20)13-21-17-7-2-1-3-8-17/h1-9,16,18-20H,10-13H2. The monoisotopic (exact) mass is 287 g/mol. The Labute approximate surface area is 125 Å². The van der Waals surface area contributed by atoms with Crippen LogP contribution >= 0.6 is 0 Å². The number of para-hydroxylation sites is 1. The normalized spacial score (nSPS) is 12.1. The molecule has 2 aromatic carbocycles. The first-order chi connectivity index (χ1) is 10.3. The van der Waals surface area contributed by atoms with Crippen molar-refractivity contribution in [2.24, 2.45) is 0 Å². The third-order valence-corrected chi connectivity index (χ3v) is 3.07. The molecule has 0 aliphatic heterocycles. The molecule has 0 heterocycles. The molecule has 4 nitrogen and oxygen atoms in total. The minimum atomic E-state index is -0.564. The summed E-state index contributed by atoms with van der Waals surface area (Å²) in [5.41, 5.74) is 1.97. The van der Waals surface area contributed by atoms with E-state index in [0.717, 1.165) is 16.9 Å². The van der Waals surface area contributed by atoms with Crippen LogP contribution in [0.4, 0.5) is 0 Å². The van der Waals surface area contributed by atoms with Gasteiger partial charge in [-0.2, -0.15) is 0 Å². The number of benzene rings is 2. The first kappa shape index (κ1) is 15.5. The quantitative estimate of drug-likeness (QED) is 0.692. The Morgan fingerprint density at radius 3 is 2.52 bits per heavy atom. The van der Waals surface area contributed by atoms with E-state index in [1.54, 1.807) is 0 Å². The van der Waals surface area contributed by atoms with Gasteiger partial charge in [-0.1, -0.05) is 42.5 Å². The summed E-state index contributed by atoms with van der Waals surface area (Å²) in [5, 5.41) is 22.1. The van der Waals surface area contributed by atoms with Crippen LogP contribution in [0.1, 0.15) is 11.1 Å². The molecular formula is C17H21NO3. The Balaban J connectivity index is 1.68. The Bertz CT molecular complexity index is 531. The van der Waals surface area contributed by atoms with Gasteiger partial charge in [-0.25, -0.2) is 0 Å². The van der Waals surface area contributed by atoms with Crippen LogP contribution in [0.25, 0.3) is 0 Å². The van der Waals surface area contributed by atoms with Crippen molar-refractivity contribution in [1.82, 2.24) is 5.32 Å². The van der Waals surface area contributed by atoms with Gasteiger partial charge < -0.3 is 20.3 Å². The average Bonchev–Trinajstić information content (AvgIpc) is 2.54. The predicted molar refractivity (Wildman–Crippen MR) is 82.0 cm³/mol. The summed E-state index contributed by atoms with van der Waals surface area (Å²) in [6.45, 7) is 1.40. The van der Waals surface area contributed by atoms with Crippen LogP contribution in [0.3, 0.4) is 0 Å². The van der Waals surface area contributed by atoms with Crippen molar-refractivity contribution in [2.75, 3.05) is 13.2 Å². The van der Waals surface area contributed by atoms with E-state index in [1.165, 1.54) is 0 Å². The molecule has 3 N–H and O–H groups in total. The molecule has 0 amide bonds. The summed E-state index contributed by atoms with van der Waals surface area (Å²) < 4.78 is 5.48. The van der Waals surface area contributed by atoms with Gasteiger partial charge in [-0.05, 0) is 23.3 Å². The van der Waals surface area contributed by atoms with Gasteiger partial charge in [-0.15, -0.1) is 0 Å². The molecule has 4 heteroatoms. The predicted octanol–water partition coefficient (Wildman–Crippen LogP) is 1.71. The second kappa shape index (κ2) is 8.42.